The molecule has 84 valence electrons. The van der Waals surface area contributed by atoms with Crippen LogP contribution in [-0.2, 0) is 7.05 Å². The predicted molar refractivity (Wildman–Crippen MR) is 66.1 cm³/mol. The minimum atomic E-state index is 0.709. The Balaban J connectivity index is 2.23. The highest BCUT2D eigenvalue weighted by molar-refractivity contribution is 7.16. The first kappa shape index (κ1) is 10.2. The lowest BCUT2D eigenvalue weighted by Crippen LogP contribution is -2.28. The van der Waals surface area contributed by atoms with Crippen LogP contribution in [0.1, 0.15) is 9.67 Å². The first-order valence-corrected chi connectivity index (χ1v) is 6.04. The van der Waals surface area contributed by atoms with Crippen molar-refractivity contribution in [3.05, 3.63) is 41.3 Å². The Bertz CT molecular complexity index is 696. The second-order valence-corrected chi connectivity index (χ2v) is 4.87. The van der Waals surface area contributed by atoms with E-state index in [0.29, 0.717) is 4.88 Å². The van der Waals surface area contributed by atoms with Crippen molar-refractivity contribution in [3.8, 4) is 10.8 Å². The molecule has 0 aliphatic carbocycles. The number of benzene rings is 1. The van der Waals surface area contributed by atoms with Crippen LogP contribution in [0.15, 0.2) is 40.8 Å². The molecule has 2 heterocycles. The van der Waals surface area contributed by atoms with E-state index in [4.69, 9.17) is 4.42 Å². The summed E-state index contributed by atoms with van der Waals surface area (Å²) in [6.45, 7) is 0. The zero-order valence-electron chi connectivity index (χ0n) is 9.21. The molecule has 0 aliphatic heterocycles. The summed E-state index contributed by atoms with van der Waals surface area (Å²) in [5.74, 6) is 0.782. The van der Waals surface area contributed by atoms with Gasteiger partial charge in [0.15, 0.2) is 6.29 Å². The van der Waals surface area contributed by atoms with Crippen LogP contribution in [0.4, 0.5) is 0 Å². The lowest BCUT2D eigenvalue weighted by molar-refractivity contribution is -0.637. The number of thiophene rings is 1. The number of hydrogen-bond donors (Lipinski definition) is 0. The molecule has 3 nitrogen and oxygen atoms in total. The highest BCUT2D eigenvalue weighted by atomic mass is 32.1. The van der Waals surface area contributed by atoms with E-state index in [1.165, 1.54) is 11.3 Å². The first-order chi connectivity index (χ1) is 8.29. The maximum Gasteiger partial charge on any atom is 0.391 e. The van der Waals surface area contributed by atoms with Crippen molar-refractivity contribution in [2.75, 3.05) is 0 Å². The van der Waals surface area contributed by atoms with E-state index < -0.39 is 0 Å². The number of nitrogens with zero attached hydrogens (tertiary/aromatic N) is 1. The Kier molecular flexibility index (Phi) is 2.30. The van der Waals surface area contributed by atoms with Crippen molar-refractivity contribution in [2.24, 2.45) is 7.05 Å². The highest BCUT2D eigenvalue weighted by Crippen LogP contribution is 2.27. The molecule has 0 N–H and O–H groups in total. The molecule has 0 unspecified atom stereocenters. The molecule has 17 heavy (non-hydrogen) atoms. The van der Waals surface area contributed by atoms with E-state index in [1.54, 1.807) is 6.07 Å². The molecular weight excluding hydrogens is 234 g/mol. The summed E-state index contributed by atoms with van der Waals surface area (Å²) in [7, 11) is 1.96. The second kappa shape index (κ2) is 3.82. The fourth-order valence-electron chi connectivity index (χ4n) is 1.85. The normalized spacial score (nSPS) is 10.9. The number of rotatable bonds is 2. The summed E-state index contributed by atoms with van der Waals surface area (Å²) in [6, 6.07) is 11.6. The van der Waals surface area contributed by atoms with Crippen molar-refractivity contribution in [1.82, 2.24) is 0 Å². The molecule has 0 bridgehead atoms. The molecule has 4 heteroatoms. The average Bonchev–Trinajstić information content (AvgIpc) is 2.95. The molecule has 0 aliphatic rings. The van der Waals surface area contributed by atoms with Crippen molar-refractivity contribution < 1.29 is 13.8 Å². The number of aromatic nitrogens is 1. The zero-order chi connectivity index (χ0) is 11.8. The molecule has 0 fully saturated rings. The largest absolute Gasteiger partial charge is 0.397 e. The molecule has 2 aromatic heterocycles. The van der Waals surface area contributed by atoms with Crippen LogP contribution in [0, 0.1) is 0 Å². The summed E-state index contributed by atoms with van der Waals surface area (Å²) < 4.78 is 7.80. The number of carbonyl (C=O) groups is 1. The standard InChI is InChI=1S/C13H10NO2S/c1-14-10-4-2-3-5-11(10)16-13(14)12-7-6-9(8-15)17-12/h2-8H,1H3/q+1. The number of hydrogen-bond acceptors (Lipinski definition) is 3. The summed E-state index contributed by atoms with van der Waals surface area (Å²) >= 11 is 1.43. The Labute approximate surface area is 102 Å². The molecule has 3 aromatic rings. The van der Waals surface area contributed by atoms with Crippen molar-refractivity contribution in [1.29, 1.82) is 0 Å². The Hall–Kier alpha value is -1.94. The van der Waals surface area contributed by atoms with Gasteiger partial charge in [0.1, 0.15) is 11.9 Å². The SMILES string of the molecule is C[n+]1c(-c2ccc(C=O)s2)oc2ccccc21. The number of aldehydes is 1. The Morgan fingerprint density at radius 3 is 2.76 bits per heavy atom. The first-order valence-electron chi connectivity index (χ1n) is 5.22. The van der Waals surface area contributed by atoms with Gasteiger partial charge in [-0.15, -0.1) is 11.3 Å². The number of para-hydroxylation sites is 2. The average molecular weight is 244 g/mol. The number of fused-ring (bicyclic) bond motifs is 1. The van der Waals surface area contributed by atoms with Crippen molar-refractivity contribution >= 4 is 28.7 Å². The van der Waals surface area contributed by atoms with Crippen LogP contribution in [0.3, 0.4) is 0 Å². The molecule has 0 saturated heterocycles. The van der Waals surface area contributed by atoms with Gasteiger partial charge < -0.3 is 4.42 Å². The van der Waals surface area contributed by atoms with E-state index in [0.717, 1.165) is 28.2 Å². The van der Waals surface area contributed by atoms with Crippen molar-refractivity contribution in [3.63, 3.8) is 0 Å². The summed E-state index contributed by atoms with van der Waals surface area (Å²) in [5, 5.41) is 0. The van der Waals surface area contributed by atoms with Crippen LogP contribution in [-0.4, -0.2) is 6.29 Å². The molecule has 0 atom stereocenters. The fourth-order valence-corrected chi connectivity index (χ4v) is 2.69. The monoisotopic (exact) mass is 244 g/mol. The third-order valence-corrected chi connectivity index (χ3v) is 3.69. The van der Waals surface area contributed by atoms with Gasteiger partial charge in [0.25, 0.3) is 5.52 Å². The van der Waals surface area contributed by atoms with E-state index in [2.05, 4.69) is 0 Å². The lowest BCUT2D eigenvalue weighted by atomic mass is 10.3. The van der Waals surface area contributed by atoms with Gasteiger partial charge in [-0.1, -0.05) is 12.1 Å². The molecule has 0 saturated carbocycles. The third-order valence-electron chi connectivity index (χ3n) is 2.69. The topological polar surface area (TPSA) is 34.1 Å². The lowest BCUT2D eigenvalue weighted by Gasteiger charge is -1.85. The van der Waals surface area contributed by atoms with Crippen LogP contribution in [0.5, 0.6) is 0 Å². The number of oxazole rings is 1. The number of carbonyl (C=O) groups excluding carboxylic acids is 1. The predicted octanol–water partition coefficient (Wildman–Crippen LogP) is 2.80. The van der Waals surface area contributed by atoms with Gasteiger partial charge >= 0.3 is 5.89 Å². The highest BCUT2D eigenvalue weighted by Gasteiger charge is 2.21. The van der Waals surface area contributed by atoms with Gasteiger partial charge in [0.2, 0.25) is 5.58 Å². The molecular formula is C13H10NO2S+. The van der Waals surface area contributed by atoms with Gasteiger partial charge in [-0.2, -0.15) is 4.57 Å². The van der Waals surface area contributed by atoms with Gasteiger partial charge in [-0.05, 0) is 18.2 Å². The van der Waals surface area contributed by atoms with Crippen LogP contribution < -0.4 is 4.57 Å². The Morgan fingerprint density at radius 1 is 1.24 bits per heavy atom. The van der Waals surface area contributed by atoms with E-state index in [9.17, 15) is 4.79 Å². The maximum absolute atomic E-state index is 10.7. The van der Waals surface area contributed by atoms with E-state index in [-0.39, 0.29) is 0 Å². The fraction of sp³-hybridized carbons (Fsp3) is 0.0769. The summed E-state index contributed by atoms with van der Waals surface area (Å²) in [6.07, 6.45) is 0.858. The minimum Gasteiger partial charge on any atom is -0.397 e. The second-order valence-electron chi connectivity index (χ2n) is 3.75. The minimum absolute atomic E-state index is 0.709. The molecule has 0 amide bonds. The molecule has 3 rings (SSSR count). The molecule has 0 spiro atoms. The smallest absolute Gasteiger partial charge is 0.391 e. The van der Waals surface area contributed by atoms with Gasteiger partial charge in [0, 0.05) is 6.07 Å². The molecule has 1 aromatic carbocycles. The van der Waals surface area contributed by atoms with Crippen molar-refractivity contribution in [2.45, 2.75) is 0 Å². The third kappa shape index (κ3) is 1.57. The maximum atomic E-state index is 10.7. The number of aryl methyl sites for hydroxylation is 1. The zero-order valence-corrected chi connectivity index (χ0v) is 10.0. The quantitative estimate of drug-likeness (QED) is 0.513. The molecule has 0 radical (unpaired) electrons. The Morgan fingerprint density at radius 2 is 2.06 bits per heavy atom. The van der Waals surface area contributed by atoms with Gasteiger partial charge in [-0.3, -0.25) is 4.79 Å². The van der Waals surface area contributed by atoms with E-state index in [1.807, 2.05) is 41.9 Å². The van der Waals surface area contributed by atoms with Crippen LogP contribution >= 0.6 is 11.3 Å². The van der Waals surface area contributed by atoms with Gasteiger partial charge in [-0.25, -0.2) is 0 Å². The van der Waals surface area contributed by atoms with Gasteiger partial charge in [0.05, 0.1) is 4.88 Å². The summed E-state index contributed by atoms with van der Waals surface area (Å²) in [4.78, 5) is 12.4. The summed E-state index contributed by atoms with van der Waals surface area (Å²) in [5.41, 5.74) is 1.90. The van der Waals surface area contributed by atoms with Crippen LogP contribution in [0.2, 0.25) is 0 Å². The van der Waals surface area contributed by atoms with E-state index >= 15 is 0 Å². The van der Waals surface area contributed by atoms with Crippen LogP contribution in [0.25, 0.3) is 21.9 Å².